The van der Waals surface area contributed by atoms with Gasteiger partial charge in [-0.3, -0.25) is 0 Å². The fraction of sp³-hybridized carbons (Fsp3) is 0.167. The molecule has 0 aliphatic heterocycles. The van der Waals surface area contributed by atoms with Gasteiger partial charge >= 0.3 is 0 Å². The zero-order chi connectivity index (χ0) is 11.5. The molecule has 0 N–H and O–H groups in total. The van der Waals surface area contributed by atoms with E-state index in [-0.39, 0.29) is 0 Å². The summed E-state index contributed by atoms with van der Waals surface area (Å²) >= 11 is 10.8. The van der Waals surface area contributed by atoms with Crippen LogP contribution in [-0.4, -0.2) is 6.26 Å². The van der Waals surface area contributed by atoms with E-state index in [9.17, 15) is 0 Å². The summed E-state index contributed by atoms with van der Waals surface area (Å²) in [6.45, 7) is 0. The molecule has 2 aromatic rings. The Bertz CT molecular complexity index is 462. The van der Waals surface area contributed by atoms with Crippen molar-refractivity contribution in [2.24, 2.45) is 0 Å². The molecule has 84 valence electrons. The van der Waals surface area contributed by atoms with Gasteiger partial charge < -0.3 is 0 Å². The molecule has 1 aromatic heterocycles. The van der Waals surface area contributed by atoms with Crippen molar-refractivity contribution in [1.82, 2.24) is 0 Å². The van der Waals surface area contributed by atoms with E-state index in [0.717, 1.165) is 0 Å². The first-order chi connectivity index (χ1) is 7.70. The fourth-order valence-corrected chi connectivity index (χ4v) is 3.98. The van der Waals surface area contributed by atoms with Crippen LogP contribution in [0.5, 0.6) is 0 Å². The third-order valence-corrected chi connectivity index (χ3v) is 6.01. The van der Waals surface area contributed by atoms with Crippen LogP contribution < -0.4 is 0 Å². The smallest absolute Gasteiger partial charge is 0.0738 e. The average molecular weight is 378 g/mol. The maximum Gasteiger partial charge on any atom is 0.0738 e. The van der Waals surface area contributed by atoms with E-state index in [2.05, 4.69) is 74.5 Å². The molecule has 0 aliphatic carbocycles. The molecule has 4 heteroatoms. The van der Waals surface area contributed by atoms with E-state index in [4.69, 9.17) is 0 Å². The molecule has 0 aliphatic rings. The highest BCUT2D eigenvalue weighted by atomic mass is 79.9. The van der Waals surface area contributed by atoms with Crippen LogP contribution in [0.2, 0.25) is 0 Å². The Balaban J connectivity index is 2.23. The van der Waals surface area contributed by atoms with E-state index in [1.54, 1.807) is 23.1 Å². The van der Waals surface area contributed by atoms with Crippen molar-refractivity contribution in [3.05, 3.63) is 50.6 Å². The van der Waals surface area contributed by atoms with Crippen LogP contribution in [0.1, 0.15) is 15.3 Å². The monoisotopic (exact) mass is 376 g/mol. The molecule has 0 radical (unpaired) electrons. The highest BCUT2D eigenvalue weighted by Gasteiger charge is 2.12. The van der Waals surface area contributed by atoms with Gasteiger partial charge in [0.2, 0.25) is 0 Å². The lowest BCUT2D eigenvalue weighted by Crippen LogP contribution is -1.88. The van der Waals surface area contributed by atoms with Gasteiger partial charge in [0.05, 0.1) is 8.61 Å². The van der Waals surface area contributed by atoms with Gasteiger partial charge in [0.15, 0.2) is 0 Å². The maximum atomic E-state index is 3.74. The van der Waals surface area contributed by atoms with Crippen LogP contribution in [-0.2, 0) is 0 Å². The summed E-state index contributed by atoms with van der Waals surface area (Å²) in [5.41, 5.74) is 1.30. The lowest BCUT2D eigenvalue weighted by molar-refractivity contribution is 1.21. The van der Waals surface area contributed by atoms with E-state index >= 15 is 0 Å². The molecular formula is C12H10Br2S2. The predicted octanol–water partition coefficient (Wildman–Crippen LogP) is 5.72. The quantitative estimate of drug-likeness (QED) is 0.487. The Labute approximate surface area is 121 Å². The van der Waals surface area contributed by atoms with Crippen molar-refractivity contribution < 1.29 is 0 Å². The van der Waals surface area contributed by atoms with Crippen molar-refractivity contribution >= 4 is 55.0 Å². The number of benzene rings is 1. The molecule has 1 heterocycles. The summed E-state index contributed by atoms with van der Waals surface area (Å²) in [5.74, 6) is 0. The zero-order valence-corrected chi connectivity index (χ0v) is 13.4. The van der Waals surface area contributed by atoms with Crippen LogP contribution in [0.3, 0.4) is 0 Å². The van der Waals surface area contributed by atoms with Crippen molar-refractivity contribution in [2.45, 2.75) is 9.72 Å². The minimum Gasteiger partial charge on any atom is -0.132 e. The molecular weight excluding hydrogens is 368 g/mol. The number of thioether (sulfide) groups is 1. The number of alkyl halides is 1. The molecule has 0 nitrogen and oxygen atoms in total. The molecule has 0 saturated carbocycles. The highest BCUT2D eigenvalue weighted by molar-refractivity contribution is 9.11. The van der Waals surface area contributed by atoms with Gasteiger partial charge in [-0.15, -0.1) is 23.1 Å². The summed E-state index contributed by atoms with van der Waals surface area (Å²) in [7, 11) is 0. The molecule has 0 fully saturated rings. The van der Waals surface area contributed by atoms with Crippen LogP contribution in [0.25, 0.3) is 0 Å². The van der Waals surface area contributed by atoms with Gasteiger partial charge in [0.1, 0.15) is 0 Å². The summed E-state index contributed by atoms with van der Waals surface area (Å²) in [5, 5.41) is 0. The van der Waals surface area contributed by atoms with E-state index < -0.39 is 0 Å². The molecule has 1 aromatic carbocycles. The molecule has 0 saturated heterocycles. The van der Waals surface area contributed by atoms with Gasteiger partial charge in [0, 0.05) is 9.77 Å². The summed E-state index contributed by atoms with van der Waals surface area (Å²) in [6.07, 6.45) is 2.09. The number of hydrogen-bond donors (Lipinski definition) is 0. The van der Waals surface area contributed by atoms with E-state index in [0.29, 0.717) is 4.83 Å². The topological polar surface area (TPSA) is 0 Å². The number of halogens is 2. The summed E-state index contributed by atoms with van der Waals surface area (Å²) in [4.78, 5) is 2.92. The Morgan fingerprint density at radius 3 is 2.31 bits per heavy atom. The Morgan fingerprint density at radius 2 is 1.81 bits per heavy atom. The summed E-state index contributed by atoms with van der Waals surface area (Å²) < 4.78 is 1.17. The van der Waals surface area contributed by atoms with Crippen LogP contribution in [0.15, 0.2) is 45.1 Å². The Morgan fingerprint density at radius 1 is 1.12 bits per heavy atom. The third kappa shape index (κ3) is 2.92. The molecule has 0 amide bonds. The first-order valence-corrected chi connectivity index (χ1v) is 8.49. The minimum absolute atomic E-state index is 0.291. The van der Waals surface area contributed by atoms with Gasteiger partial charge in [-0.25, -0.2) is 0 Å². The average Bonchev–Trinajstić information content (AvgIpc) is 2.75. The normalized spacial score (nSPS) is 12.7. The number of hydrogen-bond acceptors (Lipinski definition) is 2. The minimum atomic E-state index is 0.291. The highest BCUT2D eigenvalue weighted by Crippen LogP contribution is 2.37. The van der Waals surface area contributed by atoms with Crippen LogP contribution >= 0.6 is 55.0 Å². The largest absolute Gasteiger partial charge is 0.132 e. The Hall–Kier alpha value is 0.230. The SMILES string of the molecule is CSc1ccc(C(Br)c2ccc(Br)s2)cc1. The first kappa shape index (κ1) is 12.7. The zero-order valence-electron chi connectivity index (χ0n) is 8.61. The van der Waals surface area contributed by atoms with Gasteiger partial charge in [-0.2, -0.15) is 0 Å². The van der Waals surface area contributed by atoms with Crippen molar-refractivity contribution in [1.29, 1.82) is 0 Å². The standard InChI is InChI=1S/C12H10Br2S2/c1-15-9-4-2-8(3-5-9)12(14)10-6-7-11(13)16-10/h2-7,12H,1H3. The molecule has 2 rings (SSSR count). The maximum absolute atomic E-state index is 3.74. The first-order valence-electron chi connectivity index (χ1n) is 4.74. The molecule has 0 spiro atoms. The lowest BCUT2D eigenvalue weighted by Gasteiger charge is -2.08. The predicted molar refractivity (Wildman–Crippen MR) is 81.0 cm³/mol. The van der Waals surface area contributed by atoms with E-state index in [1.807, 2.05) is 0 Å². The van der Waals surface area contributed by atoms with Gasteiger partial charge in [0.25, 0.3) is 0 Å². The molecule has 16 heavy (non-hydrogen) atoms. The second kappa shape index (κ2) is 5.71. The van der Waals surface area contributed by atoms with Crippen molar-refractivity contribution in [3.63, 3.8) is 0 Å². The van der Waals surface area contributed by atoms with Gasteiger partial charge in [-0.05, 0) is 52.0 Å². The van der Waals surface area contributed by atoms with Crippen LogP contribution in [0, 0.1) is 0 Å². The van der Waals surface area contributed by atoms with Gasteiger partial charge in [-0.1, -0.05) is 28.1 Å². The molecule has 1 atom stereocenters. The number of rotatable bonds is 3. The second-order valence-corrected chi connectivity index (χ2v) is 7.57. The summed E-state index contributed by atoms with van der Waals surface area (Å²) in [6, 6.07) is 12.9. The molecule has 0 bridgehead atoms. The third-order valence-electron chi connectivity index (χ3n) is 2.25. The Kier molecular flexibility index (Phi) is 4.53. The van der Waals surface area contributed by atoms with Crippen molar-refractivity contribution in [2.75, 3.05) is 6.26 Å². The van der Waals surface area contributed by atoms with Crippen molar-refractivity contribution in [3.8, 4) is 0 Å². The second-order valence-electron chi connectivity index (χ2n) is 3.28. The van der Waals surface area contributed by atoms with E-state index in [1.165, 1.54) is 19.1 Å². The lowest BCUT2D eigenvalue weighted by atomic mass is 10.1. The number of thiophene rings is 1. The van der Waals surface area contributed by atoms with Crippen LogP contribution in [0.4, 0.5) is 0 Å². The fourth-order valence-electron chi connectivity index (χ4n) is 1.40. The molecule has 1 unspecified atom stereocenters.